The summed E-state index contributed by atoms with van der Waals surface area (Å²) in [6.07, 6.45) is 1.39. The zero-order valence-electron chi connectivity index (χ0n) is 14.4. The Balaban J connectivity index is 4.99. The van der Waals surface area contributed by atoms with E-state index in [0.717, 1.165) is 0 Å². The average Bonchev–Trinajstić information content (AvgIpc) is 2.25. The summed E-state index contributed by atoms with van der Waals surface area (Å²) in [4.78, 5) is 24.2. The molecule has 1 N–H and O–H groups in total. The van der Waals surface area contributed by atoms with Crippen LogP contribution in [-0.2, 0) is 19.1 Å². The van der Waals surface area contributed by atoms with Crippen LogP contribution in [0, 0.1) is 5.92 Å². The Morgan fingerprint density at radius 3 is 1.95 bits per heavy atom. The fourth-order valence-electron chi connectivity index (χ4n) is 1.57. The van der Waals surface area contributed by atoms with Crippen LogP contribution in [0.15, 0.2) is 11.8 Å². The standard InChI is InChI=1S/C16H29NO4/c1-9-12(14(18)20-11(4)5)17-13(10(2)3)15(19)21-16(6,7)8/h9-11,13,17H,1-8H3/b12-9-/t13-/m1/s1. The van der Waals surface area contributed by atoms with Gasteiger partial charge in [-0.3, -0.25) is 0 Å². The van der Waals surface area contributed by atoms with Crippen LogP contribution in [0.3, 0.4) is 0 Å². The second-order valence-electron chi connectivity index (χ2n) is 6.56. The fraction of sp³-hybridized carbons (Fsp3) is 0.750. The molecule has 0 saturated carbocycles. The SMILES string of the molecule is C/C=C(\N[C@@H](C(=O)OC(C)(C)C)C(C)C)C(=O)OC(C)C. The quantitative estimate of drug-likeness (QED) is 0.603. The van der Waals surface area contributed by atoms with E-state index in [4.69, 9.17) is 9.47 Å². The van der Waals surface area contributed by atoms with Crippen molar-refractivity contribution in [1.29, 1.82) is 0 Å². The topological polar surface area (TPSA) is 64.6 Å². The van der Waals surface area contributed by atoms with Crippen molar-refractivity contribution in [2.45, 2.75) is 73.1 Å². The van der Waals surface area contributed by atoms with Crippen molar-refractivity contribution in [3.63, 3.8) is 0 Å². The fourth-order valence-corrected chi connectivity index (χ4v) is 1.57. The van der Waals surface area contributed by atoms with Crippen LogP contribution in [0.4, 0.5) is 0 Å². The molecule has 21 heavy (non-hydrogen) atoms. The van der Waals surface area contributed by atoms with Crippen molar-refractivity contribution in [2.75, 3.05) is 0 Å². The van der Waals surface area contributed by atoms with Gasteiger partial charge in [-0.05, 0) is 47.5 Å². The van der Waals surface area contributed by atoms with Gasteiger partial charge in [0, 0.05) is 0 Å². The van der Waals surface area contributed by atoms with E-state index in [1.807, 2.05) is 34.6 Å². The third kappa shape index (κ3) is 7.73. The lowest BCUT2D eigenvalue weighted by atomic mass is 10.0. The molecule has 0 bridgehead atoms. The van der Waals surface area contributed by atoms with E-state index in [2.05, 4.69) is 5.32 Å². The highest BCUT2D eigenvalue weighted by Gasteiger charge is 2.29. The van der Waals surface area contributed by atoms with Crippen molar-refractivity contribution < 1.29 is 19.1 Å². The highest BCUT2D eigenvalue weighted by atomic mass is 16.6. The normalized spacial score (nSPS) is 14.1. The first-order valence-electron chi connectivity index (χ1n) is 7.34. The van der Waals surface area contributed by atoms with Gasteiger partial charge in [-0.15, -0.1) is 0 Å². The molecule has 0 aromatic heterocycles. The predicted molar refractivity (Wildman–Crippen MR) is 82.6 cm³/mol. The van der Waals surface area contributed by atoms with E-state index >= 15 is 0 Å². The molecule has 0 aromatic rings. The van der Waals surface area contributed by atoms with Crippen LogP contribution in [0.5, 0.6) is 0 Å². The van der Waals surface area contributed by atoms with Gasteiger partial charge >= 0.3 is 11.9 Å². The Morgan fingerprint density at radius 2 is 1.62 bits per heavy atom. The predicted octanol–water partition coefficient (Wildman–Crippen LogP) is 2.80. The highest BCUT2D eigenvalue weighted by molar-refractivity contribution is 5.89. The number of carbonyl (C=O) groups is 2. The molecular weight excluding hydrogens is 270 g/mol. The number of allylic oxidation sites excluding steroid dienone is 1. The smallest absolute Gasteiger partial charge is 0.354 e. The Morgan fingerprint density at radius 1 is 1.10 bits per heavy atom. The van der Waals surface area contributed by atoms with Crippen LogP contribution in [-0.4, -0.2) is 29.7 Å². The van der Waals surface area contributed by atoms with Gasteiger partial charge in [0.2, 0.25) is 0 Å². The van der Waals surface area contributed by atoms with Crippen molar-refractivity contribution in [3.8, 4) is 0 Å². The number of nitrogens with one attached hydrogen (secondary N) is 1. The van der Waals surface area contributed by atoms with Crippen molar-refractivity contribution in [2.24, 2.45) is 5.92 Å². The van der Waals surface area contributed by atoms with Crippen molar-refractivity contribution in [1.82, 2.24) is 5.32 Å². The molecule has 0 fully saturated rings. The van der Waals surface area contributed by atoms with E-state index < -0.39 is 17.6 Å². The van der Waals surface area contributed by atoms with E-state index in [1.54, 1.807) is 26.8 Å². The Labute approximate surface area is 128 Å². The summed E-state index contributed by atoms with van der Waals surface area (Å²) in [5, 5.41) is 2.94. The molecule has 0 unspecified atom stereocenters. The Bertz CT molecular complexity index is 392. The van der Waals surface area contributed by atoms with Crippen LogP contribution in [0.25, 0.3) is 0 Å². The van der Waals surface area contributed by atoms with Crippen molar-refractivity contribution >= 4 is 11.9 Å². The third-order valence-corrected chi connectivity index (χ3v) is 2.49. The molecule has 0 aliphatic heterocycles. The average molecular weight is 299 g/mol. The molecule has 0 saturated heterocycles. The van der Waals surface area contributed by atoms with Gasteiger partial charge in [-0.2, -0.15) is 0 Å². The maximum absolute atomic E-state index is 12.2. The first kappa shape index (κ1) is 19.5. The Kier molecular flexibility index (Phi) is 7.47. The largest absolute Gasteiger partial charge is 0.458 e. The van der Waals surface area contributed by atoms with Gasteiger partial charge in [-0.25, -0.2) is 9.59 Å². The molecule has 1 atom stereocenters. The lowest BCUT2D eigenvalue weighted by molar-refractivity contribution is -0.158. The molecular formula is C16H29NO4. The molecule has 0 amide bonds. The molecule has 5 nitrogen and oxygen atoms in total. The molecule has 0 heterocycles. The van der Waals surface area contributed by atoms with Gasteiger partial charge in [0.1, 0.15) is 17.3 Å². The maximum atomic E-state index is 12.2. The van der Waals surface area contributed by atoms with Gasteiger partial charge in [0.15, 0.2) is 0 Å². The lowest BCUT2D eigenvalue weighted by Crippen LogP contribution is -2.45. The summed E-state index contributed by atoms with van der Waals surface area (Å²) >= 11 is 0. The molecule has 5 heteroatoms. The van der Waals surface area contributed by atoms with E-state index in [1.165, 1.54) is 0 Å². The molecule has 0 rings (SSSR count). The monoisotopic (exact) mass is 299 g/mol. The summed E-state index contributed by atoms with van der Waals surface area (Å²) < 4.78 is 10.5. The number of rotatable bonds is 6. The first-order chi connectivity index (χ1) is 9.47. The molecule has 122 valence electrons. The minimum atomic E-state index is -0.602. The van der Waals surface area contributed by atoms with Gasteiger partial charge in [0.05, 0.1) is 6.10 Å². The second-order valence-corrected chi connectivity index (χ2v) is 6.56. The summed E-state index contributed by atoms with van der Waals surface area (Å²) in [7, 11) is 0. The van der Waals surface area contributed by atoms with E-state index in [-0.39, 0.29) is 23.7 Å². The molecule has 0 aliphatic carbocycles. The number of esters is 2. The molecule has 0 radical (unpaired) electrons. The zero-order valence-corrected chi connectivity index (χ0v) is 14.4. The van der Waals surface area contributed by atoms with Gasteiger partial charge in [0.25, 0.3) is 0 Å². The van der Waals surface area contributed by atoms with Crippen LogP contribution >= 0.6 is 0 Å². The Hall–Kier alpha value is -1.52. The highest BCUT2D eigenvalue weighted by Crippen LogP contribution is 2.14. The zero-order chi connectivity index (χ0) is 16.8. The first-order valence-corrected chi connectivity index (χ1v) is 7.34. The summed E-state index contributed by atoms with van der Waals surface area (Å²) in [5.41, 5.74) is -0.297. The van der Waals surface area contributed by atoms with Crippen molar-refractivity contribution in [3.05, 3.63) is 11.8 Å². The van der Waals surface area contributed by atoms with Crippen LogP contribution in [0.1, 0.15) is 55.4 Å². The van der Waals surface area contributed by atoms with Crippen LogP contribution < -0.4 is 5.32 Å². The second kappa shape index (κ2) is 8.05. The van der Waals surface area contributed by atoms with Crippen LogP contribution in [0.2, 0.25) is 0 Å². The summed E-state index contributed by atoms with van der Waals surface area (Å²) in [6.45, 7) is 14.5. The summed E-state index contributed by atoms with van der Waals surface area (Å²) in [5.74, 6) is -0.877. The van der Waals surface area contributed by atoms with Gasteiger partial charge < -0.3 is 14.8 Å². The number of carbonyl (C=O) groups excluding carboxylic acids is 2. The maximum Gasteiger partial charge on any atom is 0.354 e. The minimum Gasteiger partial charge on any atom is -0.458 e. The molecule has 0 spiro atoms. The molecule has 0 aliphatic rings. The number of hydrogen-bond donors (Lipinski definition) is 1. The number of hydrogen-bond acceptors (Lipinski definition) is 5. The van der Waals surface area contributed by atoms with E-state index in [9.17, 15) is 9.59 Å². The number of ether oxygens (including phenoxy) is 2. The molecule has 0 aromatic carbocycles. The minimum absolute atomic E-state index is 0.0263. The third-order valence-electron chi connectivity index (χ3n) is 2.49. The van der Waals surface area contributed by atoms with Gasteiger partial charge in [-0.1, -0.05) is 19.9 Å². The van der Waals surface area contributed by atoms with E-state index in [0.29, 0.717) is 0 Å². The lowest BCUT2D eigenvalue weighted by Gasteiger charge is -2.27. The summed E-state index contributed by atoms with van der Waals surface area (Å²) in [6, 6.07) is -0.602.